The molecule has 1 fully saturated rings. The molecule has 0 amide bonds. The Hall–Kier alpha value is -1.85. The lowest BCUT2D eigenvalue weighted by molar-refractivity contribution is -0.144. The van der Waals surface area contributed by atoms with Crippen LogP contribution in [0.25, 0.3) is 0 Å². The average molecular weight is 394 g/mol. The fraction of sp³-hybridized carbons (Fsp3) is 0.773. The summed E-state index contributed by atoms with van der Waals surface area (Å²) in [6.45, 7) is 4.20. The van der Waals surface area contributed by atoms with Crippen LogP contribution in [-0.2, 0) is 14.3 Å². The maximum absolute atomic E-state index is 12.3. The number of aryl methyl sites for hydroxylation is 1. The fourth-order valence-electron chi connectivity index (χ4n) is 3.91. The molecule has 1 aromatic rings. The van der Waals surface area contributed by atoms with Gasteiger partial charge < -0.3 is 13.9 Å². The molecule has 1 aliphatic carbocycles. The number of carbonyl (C=O) groups is 2. The second kappa shape index (κ2) is 11.9. The second-order valence-electron chi connectivity index (χ2n) is 7.86. The summed E-state index contributed by atoms with van der Waals surface area (Å²) in [5.74, 6) is 0.746. The van der Waals surface area contributed by atoms with Crippen LogP contribution in [0, 0.1) is 12.8 Å². The van der Waals surface area contributed by atoms with E-state index in [4.69, 9.17) is 13.9 Å². The number of methoxy groups -OCH3 is 1. The van der Waals surface area contributed by atoms with Crippen LogP contribution in [0.3, 0.4) is 0 Å². The molecule has 1 heterocycles. The molecule has 1 aromatic heterocycles. The number of ether oxygens (including phenoxy) is 2. The number of hydrogen-bond acceptors (Lipinski definition) is 6. The van der Waals surface area contributed by atoms with E-state index >= 15 is 0 Å². The molecule has 1 atom stereocenters. The predicted octanol–water partition coefficient (Wildman–Crippen LogP) is 5.34. The van der Waals surface area contributed by atoms with Crippen molar-refractivity contribution in [2.75, 3.05) is 13.7 Å². The molecule has 0 aliphatic heterocycles. The lowest BCUT2D eigenvalue weighted by Crippen LogP contribution is -2.13. The highest BCUT2D eigenvalue weighted by atomic mass is 16.5. The average Bonchev–Trinajstić information content (AvgIpc) is 3.09. The topological polar surface area (TPSA) is 78.6 Å². The van der Waals surface area contributed by atoms with Gasteiger partial charge in [0.15, 0.2) is 11.6 Å². The van der Waals surface area contributed by atoms with Crippen molar-refractivity contribution in [1.29, 1.82) is 0 Å². The third-order valence-corrected chi connectivity index (χ3v) is 5.60. The Morgan fingerprint density at radius 2 is 1.96 bits per heavy atom. The largest absolute Gasteiger partial charge is 0.466 e. The standard InChI is InChI=1S/C22H35NO5/c1-4-5-14-27-19(24)15-18(13-9-12-17-10-7-6-8-11-17)21-23-20(16(2)28-21)22(25)26-3/h17-18H,4-15H2,1-3H3. The zero-order valence-corrected chi connectivity index (χ0v) is 17.6. The highest BCUT2D eigenvalue weighted by Gasteiger charge is 2.26. The summed E-state index contributed by atoms with van der Waals surface area (Å²) in [5, 5.41) is 0. The van der Waals surface area contributed by atoms with Crippen molar-refractivity contribution in [1.82, 2.24) is 4.98 Å². The molecule has 2 rings (SSSR count). The smallest absolute Gasteiger partial charge is 0.360 e. The monoisotopic (exact) mass is 393 g/mol. The number of unbranched alkanes of at least 4 members (excludes halogenated alkanes) is 1. The number of hydrogen-bond donors (Lipinski definition) is 0. The van der Waals surface area contributed by atoms with Crippen molar-refractivity contribution in [3.63, 3.8) is 0 Å². The Bertz CT molecular complexity index is 618. The van der Waals surface area contributed by atoms with Gasteiger partial charge in [0, 0.05) is 5.92 Å². The first-order valence-electron chi connectivity index (χ1n) is 10.8. The van der Waals surface area contributed by atoms with Crippen LogP contribution >= 0.6 is 0 Å². The molecule has 6 nitrogen and oxygen atoms in total. The maximum Gasteiger partial charge on any atom is 0.360 e. The number of nitrogens with zero attached hydrogens (tertiary/aromatic N) is 1. The molecule has 1 aliphatic rings. The van der Waals surface area contributed by atoms with Crippen LogP contribution in [0.5, 0.6) is 0 Å². The van der Waals surface area contributed by atoms with Gasteiger partial charge in [0.25, 0.3) is 0 Å². The summed E-state index contributed by atoms with van der Waals surface area (Å²) in [7, 11) is 1.32. The fourth-order valence-corrected chi connectivity index (χ4v) is 3.91. The van der Waals surface area contributed by atoms with Crippen LogP contribution in [-0.4, -0.2) is 30.6 Å². The molecule has 0 aromatic carbocycles. The number of rotatable bonds is 11. The number of oxazole rings is 1. The van der Waals surface area contributed by atoms with Gasteiger partial charge in [0.1, 0.15) is 5.76 Å². The Balaban J connectivity index is 2.00. The molecule has 6 heteroatoms. The van der Waals surface area contributed by atoms with Crippen molar-refractivity contribution >= 4 is 11.9 Å². The van der Waals surface area contributed by atoms with Gasteiger partial charge >= 0.3 is 11.9 Å². The lowest BCUT2D eigenvalue weighted by Gasteiger charge is -2.22. The van der Waals surface area contributed by atoms with Crippen molar-refractivity contribution in [2.45, 2.75) is 90.4 Å². The maximum atomic E-state index is 12.3. The first-order chi connectivity index (χ1) is 13.5. The molecule has 0 spiro atoms. The van der Waals surface area contributed by atoms with Gasteiger partial charge in [-0.3, -0.25) is 4.79 Å². The highest BCUT2D eigenvalue weighted by Crippen LogP contribution is 2.32. The van der Waals surface area contributed by atoms with E-state index in [1.54, 1.807) is 6.92 Å². The SMILES string of the molecule is CCCCOC(=O)CC(CCCC1CCCCC1)c1nc(C(=O)OC)c(C)o1. The van der Waals surface area contributed by atoms with Gasteiger partial charge in [-0.2, -0.15) is 0 Å². The Labute approximate surface area is 168 Å². The molecule has 158 valence electrons. The van der Waals surface area contributed by atoms with Crippen LogP contribution in [0.1, 0.15) is 106 Å². The molecule has 0 N–H and O–H groups in total. The first-order valence-corrected chi connectivity index (χ1v) is 10.8. The van der Waals surface area contributed by atoms with Crippen LogP contribution in [0.4, 0.5) is 0 Å². The van der Waals surface area contributed by atoms with Gasteiger partial charge in [-0.1, -0.05) is 58.3 Å². The normalized spacial score (nSPS) is 16.0. The molecule has 0 saturated heterocycles. The molecular formula is C22H35NO5. The predicted molar refractivity (Wildman–Crippen MR) is 106 cm³/mol. The van der Waals surface area contributed by atoms with Gasteiger partial charge in [0.05, 0.1) is 20.1 Å². The summed E-state index contributed by atoms with van der Waals surface area (Å²) >= 11 is 0. The highest BCUT2D eigenvalue weighted by molar-refractivity contribution is 5.88. The molecule has 0 bridgehead atoms. The second-order valence-corrected chi connectivity index (χ2v) is 7.86. The minimum Gasteiger partial charge on any atom is -0.466 e. The van der Waals surface area contributed by atoms with Crippen molar-refractivity contribution < 1.29 is 23.5 Å². The molecule has 1 saturated carbocycles. The third-order valence-electron chi connectivity index (χ3n) is 5.60. The number of carbonyl (C=O) groups excluding carboxylic acids is 2. The third kappa shape index (κ3) is 6.95. The summed E-state index contributed by atoms with van der Waals surface area (Å²) in [4.78, 5) is 28.5. The van der Waals surface area contributed by atoms with E-state index in [1.165, 1.54) is 45.6 Å². The Morgan fingerprint density at radius 1 is 1.21 bits per heavy atom. The molecule has 0 radical (unpaired) electrons. The van der Waals surface area contributed by atoms with E-state index in [-0.39, 0.29) is 24.0 Å². The van der Waals surface area contributed by atoms with E-state index in [9.17, 15) is 9.59 Å². The Kier molecular flexibility index (Phi) is 9.51. The van der Waals surface area contributed by atoms with E-state index in [1.807, 2.05) is 0 Å². The van der Waals surface area contributed by atoms with Crippen molar-refractivity contribution in [3.8, 4) is 0 Å². The van der Waals surface area contributed by atoms with E-state index in [2.05, 4.69) is 11.9 Å². The number of aromatic nitrogens is 1. The first kappa shape index (κ1) is 22.4. The van der Waals surface area contributed by atoms with Crippen molar-refractivity contribution in [3.05, 3.63) is 17.3 Å². The number of esters is 2. The lowest BCUT2D eigenvalue weighted by atomic mass is 9.84. The van der Waals surface area contributed by atoms with E-state index in [0.29, 0.717) is 18.3 Å². The van der Waals surface area contributed by atoms with Crippen LogP contribution in [0.15, 0.2) is 4.42 Å². The van der Waals surface area contributed by atoms with Gasteiger partial charge in [0.2, 0.25) is 0 Å². The van der Waals surface area contributed by atoms with Crippen molar-refractivity contribution in [2.24, 2.45) is 5.92 Å². The van der Waals surface area contributed by atoms with Gasteiger partial charge in [-0.25, -0.2) is 9.78 Å². The zero-order chi connectivity index (χ0) is 20.4. The minimum absolute atomic E-state index is 0.171. The van der Waals surface area contributed by atoms with Gasteiger partial charge in [-0.15, -0.1) is 0 Å². The summed E-state index contributed by atoms with van der Waals surface area (Å²) in [6, 6.07) is 0. The van der Waals surface area contributed by atoms with E-state index in [0.717, 1.165) is 31.6 Å². The molecular weight excluding hydrogens is 358 g/mol. The zero-order valence-electron chi connectivity index (χ0n) is 17.6. The quantitative estimate of drug-likeness (QED) is 0.373. The van der Waals surface area contributed by atoms with Gasteiger partial charge in [-0.05, 0) is 25.7 Å². The summed E-state index contributed by atoms with van der Waals surface area (Å²) < 4.78 is 15.8. The van der Waals surface area contributed by atoms with Crippen LogP contribution in [0.2, 0.25) is 0 Å². The summed E-state index contributed by atoms with van der Waals surface area (Å²) in [5.41, 5.74) is 0.189. The minimum atomic E-state index is -0.515. The molecule has 1 unspecified atom stereocenters. The molecule has 28 heavy (non-hydrogen) atoms. The summed E-state index contributed by atoms with van der Waals surface area (Å²) in [6.07, 6.45) is 11.7. The Morgan fingerprint density at radius 3 is 2.64 bits per heavy atom. The van der Waals surface area contributed by atoms with Crippen LogP contribution < -0.4 is 0 Å². The van der Waals surface area contributed by atoms with E-state index < -0.39 is 5.97 Å².